The van der Waals surface area contributed by atoms with Crippen molar-refractivity contribution in [1.82, 2.24) is 9.97 Å². The zero-order chi connectivity index (χ0) is 15.3. The Morgan fingerprint density at radius 3 is 2.33 bits per heavy atom. The van der Waals surface area contributed by atoms with Crippen molar-refractivity contribution in [3.05, 3.63) is 11.9 Å². The van der Waals surface area contributed by atoms with Crippen LogP contribution in [0.2, 0.25) is 0 Å². The van der Waals surface area contributed by atoms with Crippen LogP contribution in [-0.4, -0.2) is 33.8 Å². The lowest BCUT2D eigenvalue weighted by atomic mass is 9.85. The summed E-state index contributed by atoms with van der Waals surface area (Å²) in [5.74, 6) is 2.05. The second kappa shape index (κ2) is 7.07. The van der Waals surface area contributed by atoms with E-state index in [0.29, 0.717) is 12.5 Å². The predicted octanol–water partition coefficient (Wildman–Crippen LogP) is 3.14. The number of anilines is 2. The molecule has 0 aliphatic heterocycles. The molecule has 0 radical (unpaired) electrons. The van der Waals surface area contributed by atoms with Gasteiger partial charge in [0.15, 0.2) is 0 Å². The average Bonchev–Trinajstić information content (AvgIpc) is 2.46. The van der Waals surface area contributed by atoms with Gasteiger partial charge in [-0.25, -0.2) is 9.97 Å². The molecule has 1 heterocycles. The molecule has 21 heavy (non-hydrogen) atoms. The van der Waals surface area contributed by atoms with Crippen LogP contribution in [0.5, 0.6) is 0 Å². The monoisotopic (exact) mass is 292 g/mol. The molecule has 1 aliphatic rings. The van der Waals surface area contributed by atoms with Gasteiger partial charge >= 0.3 is 0 Å². The topological polar surface area (TPSA) is 70.1 Å². The van der Waals surface area contributed by atoms with Crippen molar-refractivity contribution in [1.29, 1.82) is 0 Å². The summed E-state index contributed by atoms with van der Waals surface area (Å²) in [6.07, 6.45) is 6.79. The largest absolute Gasteiger partial charge is 0.388 e. The fraction of sp³-hybridized carbons (Fsp3) is 0.750. The van der Waals surface area contributed by atoms with E-state index >= 15 is 0 Å². The van der Waals surface area contributed by atoms with Gasteiger partial charge in [-0.1, -0.05) is 33.1 Å². The number of rotatable bonds is 6. The minimum atomic E-state index is -0.588. The molecule has 5 nitrogen and oxygen atoms in total. The quantitative estimate of drug-likeness (QED) is 0.751. The molecule has 0 aromatic carbocycles. The molecule has 1 aliphatic carbocycles. The second-order valence-corrected chi connectivity index (χ2v) is 6.31. The molecule has 118 valence electrons. The normalized spacial score (nSPS) is 17.8. The second-order valence-electron chi connectivity index (χ2n) is 6.31. The lowest BCUT2D eigenvalue weighted by Gasteiger charge is -2.32. The first-order valence-electron chi connectivity index (χ1n) is 8.11. The summed E-state index contributed by atoms with van der Waals surface area (Å²) in [5, 5.41) is 17.3. The van der Waals surface area contributed by atoms with E-state index < -0.39 is 5.60 Å². The van der Waals surface area contributed by atoms with Gasteiger partial charge in [-0.3, -0.25) is 0 Å². The molecule has 1 fully saturated rings. The Balaban J connectivity index is 2.13. The van der Waals surface area contributed by atoms with Crippen molar-refractivity contribution in [3.63, 3.8) is 0 Å². The fourth-order valence-corrected chi connectivity index (χ4v) is 3.03. The Hall–Kier alpha value is -1.36. The summed E-state index contributed by atoms with van der Waals surface area (Å²) in [4.78, 5) is 8.72. The third-order valence-electron chi connectivity index (χ3n) is 4.17. The van der Waals surface area contributed by atoms with Gasteiger partial charge in [-0.05, 0) is 25.7 Å². The van der Waals surface area contributed by atoms with Crippen LogP contribution in [0.15, 0.2) is 6.33 Å². The van der Waals surface area contributed by atoms with Crippen LogP contribution in [0.3, 0.4) is 0 Å². The molecule has 5 heteroatoms. The van der Waals surface area contributed by atoms with Crippen LogP contribution in [0.4, 0.5) is 11.6 Å². The molecule has 1 aromatic rings. The molecule has 1 aromatic heterocycles. The third kappa shape index (κ3) is 4.06. The SMILES string of the molecule is CCNc1ncnc(NCC2(O)CCCCC2)c1C(C)C. The highest BCUT2D eigenvalue weighted by Crippen LogP contribution is 2.31. The highest BCUT2D eigenvalue weighted by atomic mass is 16.3. The van der Waals surface area contributed by atoms with Crippen LogP contribution < -0.4 is 10.6 Å². The predicted molar refractivity (Wildman–Crippen MR) is 86.8 cm³/mol. The summed E-state index contributed by atoms with van der Waals surface area (Å²) in [6, 6.07) is 0. The van der Waals surface area contributed by atoms with Gasteiger partial charge in [0.25, 0.3) is 0 Å². The van der Waals surface area contributed by atoms with E-state index in [9.17, 15) is 5.11 Å². The van der Waals surface area contributed by atoms with Crippen molar-refractivity contribution >= 4 is 11.6 Å². The zero-order valence-corrected chi connectivity index (χ0v) is 13.4. The molecular weight excluding hydrogens is 264 g/mol. The van der Waals surface area contributed by atoms with Crippen LogP contribution in [0, 0.1) is 0 Å². The van der Waals surface area contributed by atoms with E-state index in [1.807, 2.05) is 0 Å². The van der Waals surface area contributed by atoms with Gasteiger partial charge < -0.3 is 15.7 Å². The Bertz CT molecular complexity index is 456. The van der Waals surface area contributed by atoms with E-state index in [0.717, 1.165) is 49.4 Å². The highest BCUT2D eigenvalue weighted by Gasteiger charge is 2.29. The van der Waals surface area contributed by atoms with E-state index in [1.165, 1.54) is 6.42 Å². The lowest BCUT2D eigenvalue weighted by molar-refractivity contribution is 0.0166. The minimum absolute atomic E-state index is 0.323. The number of nitrogens with zero attached hydrogens (tertiary/aromatic N) is 2. The van der Waals surface area contributed by atoms with E-state index in [-0.39, 0.29) is 0 Å². The Kier molecular flexibility index (Phi) is 5.39. The van der Waals surface area contributed by atoms with Crippen molar-refractivity contribution in [2.24, 2.45) is 0 Å². The minimum Gasteiger partial charge on any atom is -0.388 e. The van der Waals surface area contributed by atoms with Crippen molar-refractivity contribution < 1.29 is 5.11 Å². The number of aliphatic hydroxyl groups is 1. The van der Waals surface area contributed by atoms with Gasteiger partial charge in [-0.2, -0.15) is 0 Å². The van der Waals surface area contributed by atoms with Gasteiger partial charge in [-0.15, -0.1) is 0 Å². The Labute approximate surface area is 127 Å². The molecule has 0 spiro atoms. The first kappa shape index (κ1) is 16.0. The van der Waals surface area contributed by atoms with Gasteiger partial charge in [0.05, 0.1) is 5.60 Å². The first-order valence-corrected chi connectivity index (χ1v) is 8.11. The summed E-state index contributed by atoms with van der Waals surface area (Å²) in [5.41, 5.74) is 0.509. The van der Waals surface area contributed by atoms with Crippen molar-refractivity contribution in [2.45, 2.75) is 64.4 Å². The molecule has 0 atom stereocenters. The maximum Gasteiger partial charge on any atom is 0.135 e. The average molecular weight is 292 g/mol. The maximum atomic E-state index is 10.6. The number of hydrogen-bond donors (Lipinski definition) is 3. The zero-order valence-electron chi connectivity index (χ0n) is 13.4. The van der Waals surface area contributed by atoms with Crippen molar-refractivity contribution in [2.75, 3.05) is 23.7 Å². The fourth-order valence-electron chi connectivity index (χ4n) is 3.03. The summed E-state index contributed by atoms with van der Waals surface area (Å²) in [6.45, 7) is 7.74. The maximum absolute atomic E-state index is 10.6. The number of aromatic nitrogens is 2. The number of nitrogens with one attached hydrogen (secondary N) is 2. The van der Waals surface area contributed by atoms with Gasteiger partial charge in [0, 0.05) is 18.7 Å². The van der Waals surface area contributed by atoms with Crippen molar-refractivity contribution in [3.8, 4) is 0 Å². The first-order chi connectivity index (χ1) is 10.1. The summed E-state index contributed by atoms with van der Waals surface area (Å²) >= 11 is 0. The molecule has 0 unspecified atom stereocenters. The molecule has 0 bridgehead atoms. The summed E-state index contributed by atoms with van der Waals surface area (Å²) < 4.78 is 0. The van der Waals surface area contributed by atoms with E-state index in [1.54, 1.807) is 6.33 Å². The lowest BCUT2D eigenvalue weighted by Crippen LogP contribution is -2.39. The Morgan fingerprint density at radius 2 is 1.76 bits per heavy atom. The number of hydrogen-bond acceptors (Lipinski definition) is 5. The van der Waals surface area contributed by atoms with Crippen LogP contribution >= 0.6 is 0 Å². The molecular formula is C16H28N4O. The Morgan fingerprint density at radius 1 is 1.14 bits per heavy atom. The van der Waals surface area contributed by atoms with E-state index in [4.69, 9.17) is 0 Å². The molecule has 0 saturated heterocycles. The van der Waals surface area contributed by atoms with Gasteiger partial charge in [0.2, 0.25) is 0 Å². The molecule has 0 amide bonds. The van der Waals surface area contributed by atoms with E-state index in [2.05, 4.69) is 41.4 Å². The molecule has 2 rings (SSSR count). The van der Waals surface area contributed by atoms with Crippen LogP contribution in [-0.2, 0) is 0 Å². The summed E-state index contributed by atoms with van der Waals surface area (Å²) in [7, 11) is 0. The molecule has 1 saturated carbocycles. The van der Waals surface area contributed by atoms with Crippen LogP contribution in [0.1, 0.15) is 64.4 Å². The smallest absolute Gasteiger partial charge is 0.135 e. The highest BCUT2D eigenvalue weighted by molar-refractivity contribution is 5.59. The molecule has 3 N–H and O–H groups in total. The third-order valence-corrected chi connectivity index (χ3v) is 4.17. The van der Waals surface area contributed by atoms with Gasteiger partial charge in [0.1, 0.15) is 18.0 Å². The standard InChI is InChI=1S/C16H28N4O/c1-4-17-14-13(12(2)3)15(20-11-19-14)18-10-16(21)8-6-5-7-9-16/h11-12,21H,4-10H2,1-3H3,(H2,17,18,19,20). The van der Waals surface area contributed by atoms with Crippen LogP contribution in [0.25, 0.3) is 0 Å².